The molecule has 0 bridgehead atoms. The van der Waals surface area contributed by atoms with Crippen LogP contribution in [0, 0.1) is 13.8 Å². The smallest absolute Gasteiger partial charge is 0.303 e. The third kappa shape index (κ3) is 3.19. The fourth-order valence-electron chi connectivity index (χ4n) is 1.34. The topological polar surface area (TPSA) is 37.3 Å². The predicted molar refractivity (Wildman–Crippen MR) is 54.4 cm³/mol. The van der Waals surface area contributed by atoms with E-state index in [1.54, 1.807) is 11.3 Å². The minimum absolute atomic E-state index is 0.274. The van der Waals surface area contributed by atoms with Gasteiger partial charge in [0, 0.05) is 16.2 Å². The molecule has 13 heavy (non-hydrogen) atoms. The van der Waals surface area contributed by atoms with Crippen molar-refractivity contribution in [2.24, 2.45) is 0 Å². The third-order valence-electron chi connectivity index (χ3n) is 1.94. The van der Waals surface area contributed by atoms with Gasteiger partial charge in [0.1, 0.15) is 0 Å². The maximum atomic E-state index is 10.3. The lowest BCUT2D eigenvalue weighted by molar-refractivity contribution is -0.137. The van der Waals surface area contributed by atoms with Crippen molar-refractivity contribution in [1.82, 2.24) is 0 Å². The number of rotatable bonds is 4. The molecular weight excluding hydrogens is 184 g/mol. The molecule has 0 aliphatic carbocycles. The number of aliphatic carboxylic acids is 1. The number of hydrogen-bond acceptors (Lipinski definition) is 2. The number of carboxylic acids is 1. The molecule has 0 saturated carbocycles. The van der Waals surface area contributed by atoms with Crippen LogP contribution in [-0.2, 0) is 11.2 Å². The van der Waals surface area contributed by atoms with Crippen molar-refractivity contribution in [3.8, 4) is 0 Å². The van der Waals surface area contributed by atoms with Gasteiger partial charge in [0.05, 0.1) is 0 Å². The quantitative estimate of drug-likeness (QED) is 0.807. The zero-order valence-corrected chi connectivity index (χ0v) is 8.78. The minimum Gasteiger partial charge on any atom is -0.481 e. The van der Waals surface area contributed by atoms with Gasteiger partial charge >= 0.3 is 5.97 Å². The molecule has 0 amide bonds. The van der Waals surface area contributed by atoms with Gasteiger partial charge in [0.2, 0.25) is 0 Å². The van der Waals surface area contributed by atoms with Crippen molar-refractivity contribution in [1.29, 1.82) is 0 Å². The van der Waals surface area contributed by atoms with Crippen LogP contribution in [0.4, 0.5) is 0 Å². The highest BCUT2D eigenvalue weighted by Gasteiger charge is 2.03. The van der Waals surface area contributed by atoms with E-state index >= 15 is 0 Å². The maximum absolute atomic E-state index is 10.3. The average Bonchev–Trinajstić information content (AvgIpc) is 2.29. The Morgan fingerprint density at radius 3 is 2.69 bits per heavy atom. The van der Waals surface area contributed by atoms with Gasteiger partial charge in [-0.3, -0.25) is 4.79 Å². The molecule has 2 nitrogen and oxygen atoms in total. The first kappa shape index (κ1) is 10.3. The summed E-state index contributed by atoms with van der Waals surface area (Å²) in [5.41, 5.74) is 1.30. The van der Waals surface area contributed by atoms with Gasteiger partial charge in [0.25, 0.3) is 0 Å². The molecule has 0 unspecified atom stereocenters. The molecule has 0 atom stereocenters. The molecule has 0 aromatic carbocycles. The number of thiophene rings is 1. The van der Waals surface area contributed by atoms with E-state index in [1.165, 1.54) is 15.3 Å². The predicted octanol–water partition coefficient (Wildman–Crippen LogP) is 2.77. The van der Waals surface area contributed by atoms with E-state index < -0.39 is 5.97 Å². The van der Waals surface area contributed by atoms with E-state index in [9.17, 15) is 4.79 Å². The fraction of sp³-hybridized carbons (Fsp3) is 0.500. The van der Waals surface area contributed by atoms with E-state index in [0.29, 0.717) is 0 Å². The molecule has 1 N–H and O–H groups in total. The van der Waals surface area contributed by atoms with Crippen LogP contribution >= 0.6 is 11.3 Å². The first-order valence-electron chi connectivity index (χ1n) is 4.37. The summed E-state index contributed by atoms with van der Waals surface area (Å²) in [6.45, 7) is 4.16. The normalized spacial score (nSPS) is 10.3. The van der Waals surface area contributed by atoms with Crippen molar-refractivity contribution >= 4 is 17.3 Å². The summed E-state index contributed by atoms with van der Waals surface area (Å²) in [7, 11) is 0. The molecular formula is C10H14O2S. The van der Waals surface area contributed by atoms with Crippen LogP contribution in [0.2, 0.25) is 0 Å². The Balaban J connectivity index is 2.45. The first-order valence-corrected chi connectivity index (χ1v) is 5.19. The summed E-state index contributed by atoms with van der Waals surface area (Å²) in [5, 5.41) is 8.47. The molecule has 0 spiro atoms. The largest absolute Gasteiger partial charge is 0.481 e. The monoisotopic (exact) mass is 198 g/mol. The summed E-state index contributed by atoms with van der Waals surface area (Å²) in [5.74, 6) is -0.703. The summed E-state index contributed by atoms with van der Waals surface area (Å²) in [4.78, 5) is 12.9. The molecule has 1 heterocycles. The second-order valence-electron chi connectivity index (χ2n) is 3.21. The van der Waals surface area contributed by atoms with Crippen LogP contribution in [0.25, 0.3) is 0 Å². The molecule has 0 fully saturated rings. The third-order valence-corrected chi connectivity index (χ3v) is 3.15. The highest BCUT2D eigenvalue weighted by Crippen LogP contribution is 2.22. The van der Waals surface area contributed by atoms with E-state index in [-0.39, 0.29) is 6.42 Å². The molecule has 1 rings (SSSR count). The molecule has 0 aliphatic rings. The molecule has 1 aromatic heterocycles. The van der Waals surface area contributed by atoms with Crippen molar-refractivity contribution in [3.05, 3.63) is 21.4 Å². The Bertz CT molecular complexity index is 302. The Hall–Kier alpha value is -0.830. The van der Waals surface area contributed by atoms with Crippen LogP contribution < -0.4 is 0 Å². The number of hydrogen-bond donors (Lipinski definition) is 1. The average molecular weight is 198 g/mol. The Morgan fingerprint density at radius 2 is 2.23 bits per heavy atom. The van der Waals surface area contributed by atoms with Crippen LogP contribution in [0.15, 0.2) is 6.07 Å². The summed E-state index contributed by atoms with van der Waals surface area (Å²) in [6.07, 6.45) is 1.92. The zero-order chi connectivity index (χ0) is 9.84. The summed E-state index contributed by atoms with van der Waals surface area (Å²) >= 11 is 1.77. The second kappa shape index (κ2) is 4.42. The van der Waals surface area contributed by atoms with E-state index in [0.717, 1.165) is 12.8 Å². The Kier molecular flexibility index (Phi) is 3.48. The fourth-order valence-corrected chi connectivity index (χ4v) is 2.43. The van der Waals surface area contributed by atoms with Crippen molar-refractivity contribution in [2.45, 2.75) is 33.1 Å². The van der Waals surface area contributed by atoms with E-state index in [4.69, 9.17) is 5.11 Å². The van der Waals surface area contributed by atoms with Gasteiger partial charge in [-0.25, -0.2) is 0 Å². The molecule has 0 radical (unpaired) electrons. The molecule has 1 aromatic rings. The molecule has 72 valence electrons. The van der Waals surface area contributed by atoms with E-state index in [1.807, 2.05) is 0 Å². The van der Waals surface area contributed by atoms with E-state index in [2.05, 4.69) is 19.9 Å². The van der Waals surface area contributed by atoms with Gasteiger partial charge in [-0.05, 0) is 38.3 Å². The second-order valence-corrected chi connectivity index (χ2v) is 4.55. The standard InChI is InChI=1S/C10H14O2S/c1-7-6-8(2)13-9(7)4-3-5-10(11)12/h6H,3-5H2,1-2H3,(H,11,12). The van der Waals surface area contributed by atoms with Gasteiger partial charge in [0.15, 0.2) is 0 Å². The van der Waals surface area contributed by atoms with Crippen molar-refractivity contribution in [3.63, 3.8) is 0 Å². The summed E-state index contributed by atoms with van der Waals surface area (Å²) < 4.78 is 0. The van der Waals surface area contributed by atoms with Crippen LogP contribution in [-0.4, -0.2) is 11.1 Å². The molecule has 3 heteroatoms. The van der Waals surface area contributed by atoms with Crippen molar-refractivity contribution in [2.75, 3.05) is 0 Å². The lowest BCUT2D eigenvalue weighted by atomic mass is 10.1. The minimum atomic E-state index is -0.703. The highest BCUT2D eigenvalue weighted by molar-refractivity contribution is 7.12. The molecule has 0 aliphatic heterocycles. The molecule has 0 saturated heterocycles. The lowest BCUT2D eigenvalue weighted by Gasteiger charge is -1.96. The van der Waals surface area contributed by atoms with Crippen molar-refractivity contribution < 1.29 is 9.90 Å². The lowest BCUT2D eigenvalue weighted by Crippen LogP contribution is -1.95. The first-order chi connectivity index (χ1) is 6.09. The van der Waals surface area contributed by atoms with Gasteiger partial charge in [-0.15, -0.1) is 11.3 Å². The van der Waals surface area contributed by atoms with Crippen LogP contribution in [0.1, 0.15) is 28.2 Å². The zero-order valence-electron chi connectivity index (χ0n) is 7.96. The van der Waals surface area contributed by atoms with Gasteiger partial charge < -0.3 is 5.11 Å². The Labute approximate surface area is 82.2 Å². The highest BCUT2D eigenvalue weighted by atomic mass is 32.1. The van der Waals surface area contributed by atoms with Crippen LogP contribution in [0.5, 0.6) is 0 Å². The number of carboxylic acid groups (broad SMARTS) is 1. The number of aryl methyl sites for hydroxylation is 3. The Morgan fingerprint density at radius 1 is 1.54 bits per heavy atom. The SMILES string of the molecule is Cc1cc(C)c(CCCC(=O)O)s1. The number of carbonyl (C=O) groups is 1. The maximum Gasteiger partial charge on any atom is 0.303 e. The van der Waals surface area contributed by atoms with Gasteiger partial charge in [-0.2, -0.15) is 0 Å². The van der Waals surface area contributed by atoms with Gasteiger partial charge in [-0.1, -0.05) is 0 Å². The van der Waals surface area contributed by atoms with Crippen LogP contribution in [0.3, 0.4) is 0 Å². The summed E-state index contributed by atoms with van der Waals surface area (Å²) in [6, 6.07) is 2.15.